The molecule has 0 bridgehead atoms. The van der Waals surface area contributed by atoms with E-state index in [1.54, 1.807) is 0 Å². The molecule has 2 aromatic heterocycles. The Morgan fingerprint density at radius 3 is 2.81 bits per heavy atom. The summed E-state index contributed by atoms with van der Waals surface area (Å²) in [5.74, 6) is 1.02. The Hall–Kier alpha value is -1.29. The molecular weight excluding hydrogens is 200 g/mol. The van der Waals surface area contributed by atoms with Crippen LogP contribution in [-0.2, 0) is 13.5 Å². The van der Waals surface area contributed by atoms with E-state index >= 15 is 0 Å². The van der Waals surface area contributed by atoms with Crippen LogP contribution in [0.2, 0.25) is 0 Å². The van der Waals surface area contributed by atoms with E-state index in [1.807, 2.05) is 6.92 Å². The van der Waals surface area contributed by atoms with Crippen molar-refractivity contribution in [3.63, 3.8) is 0 Å². The van der Waals surface area contributed by atoms with Crippen LogP contribution in [0, 0.1) is 6.92 Å². The summed E-state index contributed by atoms with van der Waals surface area (Å²) < 4.78 is 4.26. The van der Waals surface area contributed by atoms with Crippen molar-refractivity contribution in [1.82, 2.24) is 14.0 Å². The molecule has 2 aromatic rings. The summed E-state index contributed by atoms with van der Waals surface area (Å²) in [5.41, 5.74) is 8.63. The van der Waals surface area contributed by atoms with Crippen molar-refractivity contribution in [3.8, 4) is 0 Å². The predicted octanol–water partition coefficient (Wildman–Crippen LogP) is 1.41. The normalized spacial score (nSPS) is 18.2. The van der Waals surface area contributed by atoms with E-state index in [-0.39, 0.29) is 5.54 Å². The fraction of sp³-hybridized carbons (Fsp3) is 0.583. The van der Waals surface area contributed by atoms with E-state index in [0.717, 1.165) is 24.3 Å². The highest BCUT2D eigenvalue weighted by molar-refractivity contribution is 5.35. The summed E-state index contributed by atoms with van der Waals surface area (Å²) in [6.07, 6.45) is 8.75. The quantitative estimate of drug-likeness (QED) is 0.846. The smallest absolute Gasteiger partial charge is 0.214 e. The molecule has 0 amide bonds. The molecule has 0 saturated heterocycles. The summed E-state index contributed by atoms with van der Waals surface area (Å²) in [6, 6.07) is 0. The Morgan fingerprint density at radius 2 is 2.19 bits per heavy atom. The number of nitrogens with zero attached hydrogens (tertiary/aromatic N) is 3. The van der Waals surface area contributed by atoms with Gasteiger partial charge in [-0.1, -0.05) is 0 Å². The van der Waals surface area contributed by atoms with Gasteiger partial charge in [0.25, 0.3) is 0 Å². The van der Waals surface area contributed by atoms with Crippen LogP contribution < -0.4 is 5.73 Å². The Labute approximate surface area is 95.1 Å². The van der Waals surface area contributed by atoms with Crippen LogP contribution in [0.25, 0.3) is 5.78 Å². The van der Waals surface area contributed by atoms with Crippen molar-refractivity contribution in [2.75, 3.05) is 0 Å². The number of hydrogen-bond acceptors (Lipinski definition) is 2. The summed E-state index contributed by atoms with van der Waals surface area (Å²) in [6.45, 7) is 2.02. The average Bonchev–Trinajstić information content (AvgIpc) is 2.74. The molecular formula is C12H18N4. The molecule has 0 radical (unpaired) electrons. The fourth-order valence-electron chi connectivity index (χ4n) is 2.24. The maximum atomic E-state index is 6.11. The lowest BCUT2D eigenvalue weighted by Crippen LogP contribution is -2.22. The average molecular weight is 218 g/mol. The highest BCUT2D eigenvalue weighted by Crippen LogP contribution is 2.36. The minimum atomic E-state index is 0.141. The second kappa shape index (κ2) is 3.10. The van der Waals surface area contributed by atoms with Crippen LogP contribution in [0.15, 0.2) is 12.4 Å². The largest absolute Gasteiger partial charge is 0.325 e. The first kappa shape index (κ1) is 9.90. The number of aromatic nitrogens is 3. The third kappa shape index (κ3) is 1.53. The van der Waals surface area contributed by atoms with Crippen molar-refractivity contribution in [1.29, 1.82) is 0 Å². The molecule has 4 heteroatoms. The minimum absolute atomic E-state index is 0.141. The van der Waals surface area contributed by atoms with E-state index in [0.29, 0.717) is 0 Å². The van der Waals surface area contributed by atoms with Gasteiger partial charge in [-0.15, -0.1) is 0 Å². The van der Waals surface area contributed by atoms with Gasteiger partial charge in [0.05, 0.1) is 5.69 Å². The van der Waals surface area contributed by atoms with Gasteiger partial charge in [-0.05, 0) is 32.6 Å². The summed E-state index contributed by atoms with van der Waals surface area (Å²) in [4.78, 5) is 4.49. The molecule has 1 aliphatic rings. The third-order valence-corrected chi connectivity index (χ3v) is 3.62. The molecule has 4 nitrogen and oxygen atoms in total. The standard InChI is InChI=1S/C12H18N4/c1-9-7-16-8-10(15(2)11(16)14-9)3-4-12(13)5-6-12/h7-8H,3-6,13H2,1-2H3. The fourth-order valence-corrected chi connectivity index (χ4v) is 2.24. The number of hydrogen-bond donors (Lipinski definition) is 1. The number of aryl methyl sites for hydroxylation is 3. The summed E-state index contributed by atoms with van der Waals surface area (Å²) >= 11 is 0. The van der Waals surface area contributed by atoms with Gasteiger partial charge < -0.3 is 10.3 Å². The van der Waals surface area contributed by atoms with Gasteiger partial charge in [-0.3, -0.25) is 4.40 Å². The van der Waals surface area contributed by atoms with Gasteiger partial charge in [-0.2, -0.15) is 0 Å². The molecule has 1 saturated carbocycles. The summed E-state index contributed by atoms with van der Waals surface area (Å²) in [7, 11) is 2.08. The lowest BCUT2D eigenvalue weighted by Gasteiger charge is -2.07. The zero-order valence-corrected chi connectivity index (χ0v) is 9.90. The second-order valence-corrected chi connectivity index (χ2v) is 5.13. The van der Waals surface area contributed by atoms with Gasteiger partial charge in [0.1, 0.15) is 0 Å². The molecule has 0 atom stereocenters. The van der Waals surface area contributed by atoms with E-state index in [4.69, 9.17) is 5.73 Å². The van der Waals surface area contributed by atoms with E-state index < -0.39 is 0 Å². The van der Waals surface area contributed by atoms with Crippen molar-refractivity contribution in [3.05, 3.63) is 23.8 Å². The number of imidazole rings is 2. The molecule has 1 fully saturated rings. The maximum Gasteiger partial charge on any atom is 0.214 e. The van der Waals surface area contributed by atoms with Gasteiger partial charge in [-0.25, -0.2) is 4.98 Å². The molecule has 0 spiro atoms. The van der Waals surface area contributed by atoms with E-state index in [9.17, 15) is 0 Å². The van der Waals surface area contributed by atoms with E-state index in [2.05, 4.69) is 33.4 Å². The second-order valence-electron chi connectivity index (χ2n) is 5.13. The van der Waals surface area contributed by atoms with Crippen molar-refractivity contribution < 1.29 is 0 Å². The molecule has 3 rings (SSSR count). The Kier molecular flexibility index (Phi) is 1.92. The first-order valence-corrected chi connectivity index (χ1v) is 5.86. The van der Waals surface area contributed by atoms with Crippen molar-refractivity contribution in [2.45, 2.75) is 38.1 Å². The number of nitrogens with two attached hydrogens (primary N) is 1. The summed E-state index contributed by atoms with van der Waals surface area (Å²) in [5, 5.41) is 0. The predicted molar refractivity (Wildman–Crippen MR) is 63.4 cm³/mol. The van der Waals surface area contributed by atoms with Crippen LogP contribution in [0.3, 0.4) is 0 Å². The molecule has 0 unspecified atom stereocenters. The van der Waals surface area contributed by atoms with Gasteiger partial charge in [0, 0.05) is 30.7 Å². The first-order chi connectivity index (χ1) is 7.57. The molecule has 2 heterocycles. The highest BCUT2D eigenvalue weighted by atomic mass is 15.2. The van der Waals surface area contributed by atoms with Crippen molar-refractivity contribution >= 4 is 5.78 Å². The zero-order valence-electron chi connectivity index (χ0n) is 9.90. The van der Waals surface area contributed by atoms with Gasteiger partial charge in [0.2, 0.25) is 5.78 Å². The first-order valence-electron chi connectivity index (χ1n) is 5.86. The highest BCUT2D eigenvalue weighted by Gasteiger charge is 2.37. The SMILES string of the molecule is Cc1cn2cc(CCC3(N)CC3)n(C)c2n1. The molecule has 86 valence electrons. The van der Waals surface area contributed by atoms with Crippen LogP contribution in [0.4, 0.5) is 0 Å². The molecule has 2 N–H and O–H groups in total. The third-order valence-electron chi connectivity index (χ3n) is 3.62. The van der Waals surface area contributed by atoms with Crippen LogP contribution in [-0.4, -0.2) is 19.5 Å². The van der Waals surface area contributed by atoms with Crippen LogP contribution in [0.5, 0.6) is 0 Å². The topological polar surface area (TPSA) is 48.2 Å². The molecule has 16 heavy (non-hydrogen) atoms. The number of fused-ring (bicyclic) bond motifs is 1. The molecule has 1 aliphatic carbocycles. The Balaban J connectivity index is 1.86. The Bertz CT molecular complexity index is 530. The van der Waals surface area contributed by atoms with Crippen LogP contribution >= 0.6 is 0 Å². The monoisotopic (exact) mass is 218 g/mol. The van der Waals surface area contributed by atoms with Crippen LogP contribution in [0.1, 0.15) is 30.7 Å². The van der Waals surface area contributed by atoms with E-state index in [1.165, 1.54) is 18.5 Å². The van der Waals surface area contributed by atoms with Gasteiger partial charge >= 0.3 is 0 Å². The zero-order chi connectivity index (χ0) is 11.3. The molecule has 0 aromatic carbocycles. The molecule has 0 aliphatic heterocycles. The Morgan fingerprint density at radius 1 is 1.44 bits per heavy atom. The maximum absolute atomic E-state index is 6.11. The van der Waals surface area contributed by atoms with Crippen molar-refractivity contribution in [2.24, 2.45) is 12.8 Å². The lowest BCUT2D eigenvalue weighted by molar-refractivity contribution is 0.595. The minimum Gasteiger partial charge on any atom is -0.325 e. The number of rotatable bonds is 3. The van der Waals surface area contributed by atoms with Gasteiger partial charge in [0.15, 0.2) is 0 Å². The lowest BCUT2D eigenvalue weighted by atomic mass is 10.1.